The maximum atomic E-state index is 14.0. The summed E-state index contributed by atoms with van der Waals surface area (Å²) in [6.07, 6.45) is 3.50. The molecule has 3 aromatic rings. The van der Waals surface area contributed by atoms with Crippen LogP contribution in [0.2, 0.25) is 0 Å². The first-order valence-corrected chi connectivity index (χ1v) is 8.29. The standard InChI is InChI=1S/C21H19FNO2/c1-15-7-9-23(10-8-15)13-17-11-19(22)12-18-14-24-21(25-20(17)18)16-5-3-2-4-6-16/h2-12,21H,13-14H2,1H3/q+1/t21-/m1/s1. The van der Waals surface area contributed by atoms with Crippen molar-refractivity contribution in [2.75, 3.05) is 0 Å². The highest BCUT2D eigenvalue weighted by molar-refractivity contribution is 5.43. The van der Waals surface area contributed by atoms with Crippen molar-refractivity contribution in [2.24, 2.45) is 0 Å². The zero-order valence-corrected chi connectivity index (χ0v) is 14.0. The van der Waals surface area contributed by atoms with Gasteiger partial charge in [-0.05, 0) is 24.6 Å². The van der Waals surface area contributed by atoms with Gasteiger partial charge in [-0.25, -0.2) is 8.96 Å². The Hall–Kier alpha value is -2.72. The zero-order chi connectivity index (χ0) is 17.2. The first-order chi connectivity index (χ1) is 12.2. The second-order valence-electron chi connectivity index (χ2n) is 6.27. The molecule has 2 heterocycles. The SMILES string of the molecule is Cc1cc[n+](Cc2cc(F)cc3c2O[C@H](c2ccccc2)OC3)cc1. The molecule has 1 aromatic heterocycles. The third-order valence-corrected chi connectivity index (χ3v) is 4.31. The van der Waals surface area contributed by atoms with Gasteiger partial charge in [0.25, 0.3) is 0 Å². The van der Waals surface area contributed by atoms with E-state index in [0.29, 0.717) is 13.2 Å². The molecule has 0 radical (unpaired) electrons. The Morgan fingerprint density at radius 1 is 1.08 bits per heavy atom. The van der Waals surface area contributed by atoms with Crippen LogP contribution in [0.1, 0.15) is 28.5 Å². The van der Waals surface area contributed by atoms with E-state index in [2.05, 4.69) is 0 Å². The first kappa shape index (κ1) is 15.8. The molecule has 1 atom stereocenters. The molecule has 0 saturated heterocycles. The van der Waals surface area contributed by atoms with Gasteiger partial charge in [-0.2, -0.15) is 0 Å². The average molecular weight is 336 g/mol. The molecule has 0 N–H and O–H groups in total. The summed E-state index contributed by atoms with van der Waals surface area (Å²) in [6, 6.07) is 16.9. The summed E-state index contributed by atoms with van der Waals surface area (Å²) in [7, 11) is 0. The van der Waals surface area contributed by atoms with Gasteiger partial charge in [-0.3, -0.25) is 0 Å². The number of aryl methyl sites for hydroxylation is 1. The summed E-state index contributed by atoms with van der Waals surface area (Å²) in [5.74, 6) is 0.446. The molecule has 0 fully saturated rings. The van der Waals surface area contributed by atoms with E-state index >= 15 is 0 Å². The molecule has 2 aromatic carbocycles. The lowest BCUT2D eigenvalue weighted by Gasteiger charge is -2.28. The van der Waals surface area contributed by atoms with E-state index in [-0.39, 0.29) is 5.82 Å². The van der Waals surface area contributed by atoms with Crippen molar-refractivity contribution in [1.82, 2.24) is 0 Å². The molecule has 25 heavy (non-hydrogen) atoms. The van der Waals surface area contributed by atoms with Gasteiger partial charge in [-0.15, -0.1) is 0 Å². The fraction of sp³-hybridized carbons (Fsp3) is 0.190. The quantitative estimate of drug-likeness (QED) is 0.673. The third kappa shape index (κ3) is 3.39. The van der Waals surface area contributed by atoms with Crippen LogP contribution in [0.25, 0.3) is 0 Å². The summed E-state index contributed by atoms with van der Waals surface area (Å²) < 4.78 is 27.9. The smallest absolute Gasteiger partial charge is 0.227 e. The number of halogens is 1. The van der Waals surface area contributed by atoms with Gasteiger partial charge < -0.3 is 9.47 Å². The number of hydrogen-bond acceptors (Lipinski definition) is 2. The van der Waals surface area contributed by atoms with Crippen LogP contribution < -0.4 is 9.30 Å². The van der Waals surface area contributed by atoms with E-state index < -0.39 is 6.29 Å². The van der Waals surface area contributed by atoms with Gasteiger partial charge in [0.05, 0.1) is 12.2 Å². The zero-order valence-electron chi connectivity index (χ0n) is 14.0. The fourth-order valence-electron chi connectivity index (χ4n) is 3.00. The number of benzene rings is 2. The predicted molar refractivity (Wildman–Crippen MR) is 91.5 cm³/mol. The van der Waals surface area contributed by atoms with Gasteiger partial charge >= 0.3 is 0 Å². The topological polar surface area (TPSA) is 22.3 Å². The molecule has 0 saturated carbocycles. The van der Waals surface area contributed by atoms with Gasteiger partial charge in [-0.1, -0.05) is 30.3 Å². The highest BCUT2D eigenvalue weighted by Crippen LogP contribution is 2.36. The van der Waals surface area contributed by atoms with Crippen molar-refractivity contribution >= 4 is 0 Å². The van der Waals surface area contributed by atoms with E-state index in [1.54, 1.807) is 6.07 Å². The van der Waals surface area contributed by atoms with Gasteiger partial charge in [0, 0.05) is 23.3 Å². The van der Waals surface area contributed by atoms with Crippen LogP contribution in [0, 0.1) is 12.7 Å². The van der Waals surface area contributed by atoms with Gasteiger partial charge in [0.15, 0.2) is 18.9 Å². The maximum Gasteiger partial charge on any atom is 0.227 e. The number of hydrogen-bond donors (Lipinski definition) is 0. The molecule has 3 nitrogen and oxygen atoms in total. The molecule has 0 amide bonds. The van der Waals surface area contributed by atoms with E-state index in [9.17, 15) is 4.39 Å². The normalized spacial score (nSPS) is 16.2. The number of aromatic nitrogens is 1. The molecule has 4 rings (SSSR count). The molecule has 0 unspecified atom stereocenters. The van der Waals surface area contributed by atoms with Crippen LogP contribution in [-0.4, -0.2) is 0 Å². The molecule has 4 heteroatoms. The minimum Gasteiger partial charge on any atom is -0.460 e. The molecule has 126 valence electrons. The van der Waals surface area contributed by atoms with Crippen molar-refractivity contribution < 1.29 is 18.4 Å². The Morgan fingerprint density at radius 2 is 1.84 bits per heavy atom. The van der Waals surface area contributed by atoms with Crippen molar-refractivity contribution in [1.29, 1.82) is 0 Å². The molecular formula is C21H19FNO2+. The Kier molecular flexibility index (Phi) is 4.20. The number of ether oxygens (including phenoxy) is 2. The van der Waals surface area contributed by atoms with Crippen LogP contribution >= 0.6 is 0 Å². The summed E-state index contributed by atoms with van der Waals surface area (Å²) in [4.78, 5) is 0. The highest BCUT2D eigenvalue weighted by atomic mass is 19.1. The minimum atomic E-state index is -0.471. The van der Waals surface area contributed by atoms with Gasteiger partial charge in [0.1, 0.15) is 11.6 Å². The highest BCUT2D eigenvalue weighted by Gasteiger charge is 2.26. The Labute approximate surface area is 146 Å². The van der Waals surface area contributed by atoms with Crippen molar-refractivity contribution in [3.63, 3.8) is 0 Å². The summed E-state index contributed by atoms with van der Waals surface area (Å²) in [6.45, 7) is 2.92. The lowest BCUT2D eigenvalue weighted by molar-refractivity contribution is -0.688. The molecule has 0 aliphatic carbocycles. The molecular weight excluding hydrogens is 317 g/mol. The summed E-state index contributed by atoms with van der Waals surface area (Å²) in [5, 5.41) is 0. The van der Waals surface area contributed by atoms with Crippen molar-refractivity contribution in [2.45, 2.75) is 26.4 Å². The van der Waals surface area contributed by atoms with Gasteiger partial charge in [0.2, 0.25) is 6.29 Å². The lowest BCUT2D eigenvalue weighted by atomic mass is 10.1. The van der Waals surface area contributed by atoms with Crippen LogP contribution in [0.4, 0.5) is 4.39 Å². The Morgan fingerprint density at radius 3 is 2.60 bits per heavy atom. The molecule has 1 aliphatic rings. The second-order valence-corrected chi connectivity index (χ2v) is 6.27. The van der Waals surface area contributed by atoms with Crippen LogP contribution in [0.5, 0.6) is 5.75 Å². The second kappa shape index (κ2) is 6.65. The lowest BCUT2D eigenvalue weighted by Crippen LogP contribution is -2.34. The van der Waals surface area contributed by atoms with E-state index in [0.717, 1.165) is 22.4 Å². The minimum absolute atomic E-state index is 0.271. The monoisotopic (exact) mass is 336 g/mol. The third-order valence-electron chi connectivity index (χ3n) is 4.31. The van der Waals surface area contributed by atoms with E-state index in [4.69, 9.17) is 9.47 Å². The number of rotatable bonds is 3. The van der Waals surface area contributed by atoms with Crippen LogP contribution in [0.3, 0.4) is 0 Å². The maximum absolute atomic E-state index is 14.0. The largest absolute Gasteiger partial charge is 0.460 e. The molecule has 0 bridgehead atoms. The van der Waals surface area contributed by atoms with Crippen LogP contribution in [0.15, 0.2) is 67.0 Å². The molecule has 0 spiro atoms. The van der Waals surface area contributed by atoms with Crippen molar-refractivity contribution in [3.05, 3.63) is 95.1 Å². The average Bonchev–Trinajstić information content (AvgIpc) is 2.64. The van der Waals surface area contributed by atoms with E-state index in [1.807, 2.05) is 66.3 Å². The predicted octanol–water partition coefficient (Wildman–Crippen LogP) is 4.08. The molecule has 1 aliphatic heterocycles. The Balaban J connectivity index is 1.67. The first-order valence-electron chi connectivity index (χ1n) is 8.29. The van der Waals surface area contributed by atoms with E-state index in [1.165, 1.54) is 11.6 Å². The van der Waals surface area contributed by atoms with Crippen LogP contribution in [-0.2, 0) is 17.9 Å². The summed E-state index contributed by atoms with van der Waals surface area (Å²) in [5.41, 5.74) is 3.70. The Bertz CT molecular complexity index is 878. The van der Waals surface area contributed by atoms with Crippen molar-refractivity contribution in [3.8, 4) is 5.75 Å². The number of fused-ring (bicyclic) bond motifs is 1. The summed E-state index contributed by atoms with van der Waals surface area (Å²) >= 11 is 0. The number of pyridine rings is 1. The fourth-order valence-corrected chi connectivity index (χ4v) is 3.00. The number of nitrogens with zero attached hydrogens (tertiary/aromatic N) is 1.